The SMILES string of the molecule is NS(=O)(=O)c1ccc(N2C(=O)C(=O)C(=C(O)c3ccc(Br)cc3)C2c2ccccc2)cc1. The van der Waals surface area contributed by atoms with Crippen LogP contribution in [0.5, 0.6) is 0 Å². The highest BCUT2D eigenvalue weighted by molar-refractivity contribution is 9.10. The van der Waals surface area contributed by atoms with Crippen molar-refractivity contribution in [2.24, 2.45) is 5.14 Å². The van der Waals surface area contributed by atoms with Crippen molar-refractivity contribution in [3.8, 4) is 0 Å². The molecule has 0 spiro atoms. The fourth-order valence-corrected chi connectivity index (χ4v) is 4.39. The van der Waals surface area contributed by atoms with Crippen LogP contribution in [0.1, 0.15) is 17.2 Å². The van der Waals surface area contributed by atoms with Crippen LogP contribution in [0.25, 0.3) is 5.76 Å². The van der Waals surface area contributed by atoms with Crippen molar-refractivity contribution < 1.29 is 23.1 Å². The highest BCUT2D eigenvalue weighted by atomic mass is 79.9. The number of ketones is 1. The van der Waals surface area contributed by atoms with Gasteiger partial charge in [-0.2, -0.15) is 0 Å². The van der Waals surface area contributed by atoms with Gasteiger partial charge in [0.25, 0.3) is 11.7 Å². The molecule has 1 unspecified atom stereocenters. The molecule has 0 bridgehead atoms. The maximum atomic E-state index is 13.1. The predicted molar refractivity (Wildman–Crippen MR) is 123 cm³/mol. The molecule has 0 radical (unpaired) electrons. The lowest BCUT2D eigenvalue weighted by molar-refractivity contribution is -0.132. The first-order valence-electron chi connectivity index (χ1n) is 9.43. The minimum absolute atomic E-state index is 0.0564. The molecule has 0 aliphatic carbocycles. The van der Waals surface area contributed by atoms with Gasteiger partial charge in [-0.1, -0.05) is 58.4 Å². The summed E-state index contributed by atoms with van der Waals surface area (Å²) < 4.78 is 24.0. The van der Waals surface area contributed by atoms with Gasteiger partial charge < -0.3 is 5.11 Å². The highest BCUT2D eigenvalue weighted by Gasteiger charge is 2.46. The zero-order valence-corrected chi connectivity index (χ0v) is 18.9. The second-order valence-corrected chi connectivity index (χ2v) is 9.60. The predicted octanol–water partition coefficient (Wildman–Crippen LogP) is 3.72. The van der Waals surface area contributed by atoms with Crippen molar-refractivity contribution in [1.29, 1.82) is 0 Å². The van der Waals surface area contributed by atoms with E-state index in [1.807, 2.05) is 0 Å². The number of nitrogens with zero attached hydrogens (tertiary/aromatic N) is 1. The van der Waals surface area contributed by atoms with Crippen LogP contribution in [-0.4, -0.2) is 25.2 Å². The van der Waals surface area contributed by atoms with Crippen LogP contribution in [0.3, 0.4) is 0 Å². The molecule has 3 aromatic rings. The van der Waals surface area contributed by atoms with E-state index in [0.717, 1.165) is 4.47 Å². The molecular formula is C23H17BrN2O5S. The third kappa shape index (κ3) is 3.97. The van der Waals surface area contributed by atoms with E-state index >= 15 is 0 Å². The number of hydrogen-bond acceptors (Lipinski definition) is 5. The first kappa shape index (κ1) is 21.9. The molecule has 0 aromatic heterocycles. The van der Waals surface area contributed by atoms with E-state index in [0.29, 0.717) is 16.8 Å². The van der Waals surface area contributed by atoms with E-state index in [9.17, 15) is 23.1 Å². The Morgan fingerprint density at radius 1 is 0.906 bits per heavy atom. The monoisotopic (exact) mass is 512 g/mol. The zero-order chi connectivity index (χ0) is 23.0. The molecule has 9 heteroatoms. The zero-order valence-electron chi connectivity index (χ0n) is 16.5. The van der Waals surface area contributed by atoms with Crippen molar-refractivity contribution in [3.05, 3.63) is 100 Å². The van der Waals surface area contributed by atoms with Gasteiger partial charge in [-0.05, 0) is 42.0 Å². The van der Waals surface area contributed by atoms with Crippen molar-refractivity contribution in [2.75, 3.05) is 4.90 Å². The van der Waals surface area contributed by atoms with Crippen LogP contribution in [0.15, 0.2) is 93.8 Å². The lowest BCUT2D eigenvalue weighted by atomic mass is 9.95. The van der Waals surface area contributed by atoms with Crippen LogP contribution >= 0.6 is 15.9 Å². The summed E-state index contributed by atoms with van der Waals surface area (Å²) in [6.07, 6.45) is 0. The first-order valence-corrected chi connectivity index (χ1v) is 11.8. The number of benzene rings is 3. The Morgan fingerprint density at radius 2 is 1.50 bits per heavy atom. The van der Waals surface area contributed by atoms with E-state index in [1.165, 1.54) is 29.2 Å². The van der Waals surface area contributed by atoms with Crippen molar-refractivity contribution in [1.82, 2.24) is 0 Å². The summed E-state index contributed by atoms with van der Waals surface area (Å²) in [5.74, 6) is -1.97. The molecule has 1 aliphatic heterocycles. The molecule has 162 valence electrons. The number of carbonyl (C=O) groups is 2. The van der Waals surface area contributed by atoms with E-state index in [-0.39, 0.29) is 16.2 Å². The van der Waals surface area contributed by atoms with Crippen LogP contribution in [0.4, 0.5) is 5.69 Å². The first-order chi connectivity index (χ1) is 15.2. The molecule has 1 saturated heterocycles. The Bertz CT molecular complexity index is 1340. The van der Waals surface area contributed by atoms with E-state index in [2.05, 4.69) is 15.9 Å². The lowest BCUT2D eigenvalue weighted by Gasteiger charge is -2.25. The summed E-state index contributed by atoms with van der Waals surface area (Å²) in [5, 5.41) is 16.2. The quantitative estimate of drug-likeness (QED) is 0.313. The topological polar surface area (TPSA) is 118 Å². The Balaban J connectivity index is 1.90. The van der Waals surface area contributed by atoms with Gasteiger partial charge in [0.15, 0.2) is 0 Å². The van der Waals surface area contributed by atoms with E-state index in [4.69, 9.17) is 5.14 Å². The molecule has 7 nitrogen and oxygen atoms in total. The van der Waals surface area contributed by atoms with E-state index < -0.39 is 27.8 Å². The van der Waals surface area contributed by atoms with Crippen LogP contribution in [0, 0.1) is 0 Å². The largest absolute Gasteiger partial charge is 0.507 e. The third-order valence-electron chi connectivity index (χ3n) is 5.12. The average Bonchev–Trinajstić information content (AvgIpc) is 3.04. The molecule has 32 heavy (non-hydrogen) atoms. The number of aliphatic hydroxyl groups excluding tert-OH is 1. The number of sulfonamides is 1. The highest BCUT2D eigenvalue weighted by Crippen LogP contribution is 2.42. The van der Waals surface area contributed by atoms with Crippen LogP contribution < -0.4 is 10.0 Å². The number of anilines is 1. The minimum atomic E-state index is -3.92. The van der Waals surface area contributed by atoms with Crippen molar-refractivity contribution in [3.63, 3.8) is 0 Å². The summed E-state index contributed by atoms with van der Waals surface area (Å²) in [6, 6.07) is 20.0. The number of hydrogen-bond donors (Lipinski definition) is 2. The van der Waals surface area contributed by atoms with Gasteiger partial charge in [0.05, 0.1) is 16.5 Å². The Kier molecular flexibility index (Phi) is 5.72. The summed E-state index contributed by atoms with van der Waals surface area (Å²) in [6.45, 7) is 0. The Morgan fingerprint density at radius 3 is 2.06 bits per heavy atom. The van der Waals surface area contributed by atoms with Gasteiger partial charge in [0, 0.05) is 15.7 Å². The van der Waals surface area contributed by atoms with Gasteiger partial charge in [-0.25, -0.2) is 13.6 Å². The second kappa shape index (κ2) is 8.34. The molecule has 1 fully saturated rings. The molecule has 3 aromatic carbocycles. The maximum Gasteiger partial charge on any atom is 0.300 e. The minimum Gasteiger partial charge on any atom is -0.507 e. The van der Waals surface area contributed by atoms with Crippen LogP contribution in [-0.2, 0) is 19.6 Å². The lowest BCUT2D eigenvalue weighted by Crippen LogP contribution is -2.29. The number of halogens is 1. The maximum absolute atomic E-state index is 13.1. The normalized spacial score (nSPS) is 18.2. The number of carbonyl (C=O) groups excluding carboxylic acids is 2. The van der Waals surface area contributed by atoms with Crippen molar-refractivity contribution >= 4 is 49.1 Å². The second-order valence-electron chi connectivity index (χ2n) is 7.13. The standard InChI is InChI=1S/C23H17BrN2O5S/c24-16-8-6-15(7-9-16)21(27)19-20(14-4-2-1-3-5-14)26(23(29)22(19)28)17-10-12-18(13-11-17)32(25,30)31/h1-13,20,27H,(H2,25,30,31). The molecular weight excluding hydrogens is 496 g/mol. The number of aliphatic hydroxyl groups is 1. The molecule has 0 saturated carbocycles. The molecule has 1 amide bonds. The average molecular weight is 513 g/mol. The summed E-state index contributed by atoms with van der Waals surface area (Å²) in [4.78, 5) is 27.2. The summed E-state index contributed by atoms with van der Waals surface area (Å²) in [5.41, 5.74) is 1.24. The van der Waals surface area contributed by atoms with Gasteiger partial charge in [0.2, 0.25) is 10.0 Å². The summed E-state index contributed by atoms with van der Waals surface area (Å²) >= 11 is 3.33. The Hall–Kier alpha value is -3.27. The van der Waals surface area contributed by atoms with Gasteiger partial charge in [0.1, 0.15) is 5.76 Å². The number of Topliss-reactive ketones (excluding diaryl/α,β-unsaturated/α-hetero) is 1. The smallest absolute Gasteiger partial charge is 0.300 e. The molecule has 4 rings (SSSR count). The third-order valence-corrected chi connectivity index (χ3v) is 6.58. The number of nitrogens with two attached hydrogens (primary N) is 1. The Labute approximate surface area is 193 Å². The molecule has 3 N–H and O–H groups in total. The van der Waals surface area contributed by atoms with Gasteiger partial charge >= 0.3 is 0 Å². The summed E-state index contributed by atoms with van der Waals surface area (Å²) in [7, 11) is -3.92. The fraction of sp³-hybridized carbons (Fsp3) is 0.0435. The fourth-order valence-electron chi connectivity index (χ4n) is 3.61. The molecule has 1 aliphatic rings. The van der Waals surface area contributed by atoms with Gasteiger partial charge in [-0.3, -0.25) is 14.5 Å². The number of primary sulfonamides is 1. The number of rotatable bonds is 4. The molecule has 1 atom stereocenters. The van der Waals surface area contributed by atoms with Crippen LogP contribution in [0.2, 0.25) is 0 Å². The molecule has 1 heterocycles. The number of amides is 1. The van der Waals surface area contributed by atoms with E-state index in [1.54, 1.807) is 54.6 Å². The van der Waals surface area contributed by atoms with Crippen molar-refractivity contribution in [2.45, 2.75) is 10.9 Å². The van der Waals surface area contributed by atoms with Gasteiger partial charge in [-0.15, -0.1) is 0 Å².